The molecule has 0 radical (unpaired) electrons. The first-order valence-corrected chi connectivity index (χ1v) is 4.85. The van der Waals surface area contributed by atoms with Crippen LogP contribution in [0.5, 0.6) is 0 Å². The molecule has 0 bridgehead atoms. The summed E-state index contributed by atoms with van der Waals surface area (Å²) in [5.41, 5.74) is 1.61. The van der Waals surface area contributed by atoms with Crippen LogP contribution < -0.4 is 0 Å². The Labute approximate surface area is 91.4 Å². The highest BCUT2D eigenvalue weighted by atomic mass is 32.1. The number of rotatable bonds is 3. The first kappa shape index (κ1) is 10.0. The van der Waals surface area contributed by atoms with Crippen molar-refractivity contribution < 1.29 is 5.11 Å². The Morgan fingerprint density at radius 1 is 1.53 bits per heavy atom. The average molecular weight is 222 g/mol. The summed E-state index contributed by atoms with van der Waals surface area (Å²) < 4.78 is 2.38. The zero-order valence-corrected chi connectivity index (χ0v) is 8.74. The summed E-state index contributed by atoms with van der Waals surface area (Å²) in [6.45, 7) is 0.499. The van der Waals surface area contributed by atoms with E-state index < -0.39 is 0 Å². The fraction of sp³-hybridized carbons (Fsp3) is 0.222. The molecule has 0 spiro atoms. The number of nitrogens with zero attached hydrogens (tertiary/aromatic N) is 3. The van der Waals surface area contributed by atoms with E-state index in [1.54, 1.807) is 17.0 Å². The Morgan fingerprint density at radius 2 is 2.40 bits per heavy atom. The molecule has 2 heterocycles. The van der Waals surface area contributed by atoms with Gasteiger partial charge in [0.25, 0.3) is 0 Å². The lowest BCUT2D eigenvalue weighted by molar-refractivity contribution is 0.271. The number of aliphatic hydroxyl groups is 1. The Hall–Kier alpha value is -1.53. The van der Waals surface area contributed by atoms with Gasteiger partial charge in [-0.3, -0.25) is 0 Å². The standard InChI is InChI=1S/C9H10N4OS/c14-5-8-3-11-9(15)13(8)4-7-1-2-10-6-12-7/h1-3,6,14H,4-5H2,(H,11,15). The molecule has 0 saturated carbocycles. The number of nitrogens with one attached hydrogen (secondary N) is 1. The fourth-order valence-electron chi connectivity index (χ4n) is 1.31. The van der Waals surface area contributed by atoms with Crippen LogP contribution in [0.15, 0.2) is 24.8 Å². The molecular weight excluding hydrogens is 212 g/mol. The summed E-state index contributed by atoms with van der Waals surface area (Å²) in [6, 6.07) is 1.82. The van der Waals surface area contributed by atoms with Crippen molar-refractivity contribution in [2.75, 3.05) is 0 Å². The summed E-state index contributed by atoms with van der Waals surface area (Å²) >= 11 is 5.09. The van der Waals surface area contributed by atoms with Gasteiger partial charge >= 0.3 is 0 Å². The van der Waals surface area contributed by atoms with E-state index in [0.29, 0.717) is 11.3 Å². The van der Waals surface area contributed by atoms with E-state index in [2.05, 4.69) is 15.0 Å². The first-order valence-electron chi connectivity index (χ1n) is 4.44. The third kappa shape index (κ3) is 2.11. The summed E-state index contributed by atoms with van der Waals surface area (Å²) in [6.07, 6.45) is 4.87. The molecule has 2 aromatic rings. The molecule has 6 heteroatoms. The molecule has 2 aromatic heterocycles. The Bertz CT molecular complexity index is 490. The maximum absolute atomic E-state index is 9.09. The van der Waals surface area contributed by atoms with Crippen molar-refractivity contribution in [3.63, 3.8) is 0 Å². The van der Waals surface area contributed by atoms with Crippen LogP contribution in [0.1, 0.15) is 11.4 Å². The Morgan fingerprint density at radius 3 is 3.07 bits per heavy atom. The van der Waals surface area contributed by atoms with Crippen LogP contribution in [-0.2, 0) is 13.2 Å². The molecule has 5 nitrogen and oxygen atoms in total. The van der Waals surface area contributed by atoms with Gasteiger partial charge in [-0.15, -0.1) is 0 Å². The minimum Gasteiger partial charge on any atom is -0.390 e. The first-order chi connectivity index (χ1) is 7.31. The number of imidazole rings is 1. The predicted octanol–water partition coefficient (Wildman–Crippen LogP) is 0.876. The zero-order valence-electron chi connectivity index (χ0n) is 7.92. The van der Waals surface area contributed by atoms with Crippen molar-refractivity contribution in [3.8, 4) is 0 Å². The molecular formula is C9H10N4OS. The maximum Gasteiger partial charge on any atom is 0.177 e. The number of aromatic amines is 1. The van der Waals surface area contributed by atoms with Gasteiger partial charge in [0.2, 0.25) is 0 Å². The van der Waals surface area contributed by atoms with Gasteiger partial charge in [0, 0.05) is 12.4 Å². The maximum atomic E-state index is 9.09. The SMILES string of the molecule is OCc1c[nH]c(=S)n1Cc1ccncn1. The van der Waals surface area contributed by atoms with Crippen LogP contribution in [0.25, 0.3) is 0 Å². The lowest BCUT2D eigenvalue weighted by atomic mass is 10.4. The van der Waals surface area contributed by atoms with Crippen LogP contribution in [0.2, 0.25) is 0 Å². The highest BCUT2D eigenvalue weighted by Crippen LogP contribution is 2.05. The minimum absolute atomic E-state index is 0.0434. The van der Waals surface area contributed by atoms with E-state index in [1.165, 1.54) is 6.33 Å². The lowest BCUT2D eigenvalue weighted by Gasteiger charge is -2.04. The highest BCUT2D eigenvalue weighted by Gasteiger charge is 2.03. The number of H-pyrrole nitrogens is 1. The number of hydrogen-bond donors (Lipinski definition) is 2. The van der Waals surface area contributed by atoms with E-state index in [1.807, 2.05) is 6.07 Å². The van der Waals surface area contributed by atoms with Gasteiger partial charge in [-0.25, -0.2) is 9.97 Å². The van der Waals surface area contributed by atoms with Crippen molar-refractivity contribution in [3.05, 3.63) is 40.9 Å². The molecule has 2 N–H and O–H groups in total. The van der Waals surface area contributed by atoms with Gasteiger partial charge in [-0.1, -0.05) is 0 Å². The fourth-order valence-corrected chi connectivity index (χ4v) is 1.55. The second-order valence-corrected chi connectivity index (χ2v) is 3.42. The average Bonchev–Trinajstić information content (AvgIpc) is 2.62. The van der Waals surface area contributed by atoms with Gasteiger partial charge in [-0.05, 0) is 18.3 Å². The predicted molar refractivity (Wildman–Crippen MR) is 56.7 cm³/mol. The quantitative estimate of drug-likeness (QED) is 0.756. The summed E-state index contributed by atoms with van der Waals surface area (Å²) in [5.74, 6) is 0. The number of hydrogen-bond acceptors (Lipinski definition) is 4. The third-order valence-electron chi connectivity index (χ3n) is 2.08. The summed E-state index contributed by atoms with van der Waals surface area (Å²) in [4.78, 5) is 10.8. The second-order valence-electron chi connectivity index (χ2n) is 3.03. The van der Waals surface area contributed by atoms with Crippen LogP contribution in [0.4, 0.5) is 0 Å². The zero-order chi connectivity index (χ0) is 10.7. The second kappa shape index (κ2) is 4.33. The Balaban J connectivity index is 2.32. The van der Waals surface area contributed by atoms with Gasteiger partial charge in [-0.2, -0.15) is 0 Å². The molecule has 0 atom stereocenters. The molecule has 0 aliphatic carbocycles. The number of aromatic nitrogens is 4. The van der Waals surface area contributed by atoms with E-state index in [9.17, 15) is 0 Å². The normalized spacial score (nSPS) is 10.5. The van der Waals surface area contributed by atoms with Crippen LogP contribution in [-0.4, -0.2) is 24.6 Å². The molecule has 0 aliphatic heterocycles. The molecule has 0 amide bonds. The van der Waals surface area contributed by atoms with Crippen molar-refractivity contribution in [1.82, 2.24) is 19.5 Å². The summed E-state index contributed by atoms with van der Waals surface area (Å²) in [5, 5.41) is 9.09. The largest absolute Gasteiger partial charge is 0.390 e. The third-order valence-corrected chi connectivity index (χ3v) is 2.42. The molecule has 0 aromatic carbocycles. The molecule has 0 unspecified atom stereocenters. The molecule has 2 rings (SSSR count). The molecule has 0 aliphatic rings. The van der Waals surface area contributed by atoms with Crippen LogP contribution >= 0.6 is 12.2 Å². The molecule has 78 valence electrons. The highest BCUT2D eigenvalue weighted by molar-refractivity contribution is 7.71. The van der Waals surface area contributed by atoms with E-state index in [-0.39, 0.29) is 6.61 Å². The molecule has 15 heavy (non-hydrogen) atoms. The van der Waals surface area contributed by atoms with Crippen molar-refractivity contribution in [1.29, 1.82) is 0 Å². The Kier molecular flexibility index (Phi) is 2.89. The van der Waals surface area contributed by atoms with Gasteiger partial charge in [0.1, 0.15) is 6.33 Å². The van der Waals surface area contributed by atoms with E-state index in [4.69, 9.17) is 17.3 Å². The monoisotopic (exact) mass is 222 g/mol. The molecule has 0 saturated heterocycles. The van der Waals surface area contributed by atoms with Crippen molar-refractivity contribution >= 4 is 12.2 Å². The van der Waals surface area contributed by atoms with Gasteiger partial charge in [0.15, 0.2) is 4.77 Å². The van der Waals surface area contributed by atoms with Crippen LogP contribution in [0, 0.1) is 4.77 Å². The summed E-state index contributed by atoms with van der Waals surface area (Å²) in [7, 11) is 0. The smallest absolute Gasteiger partial charge is 0.177 e. The van der Waals surface area contributed by atoms with Crippen LogP contribution in [0.3, 0.4) is 0 Å². The number of aliphatic hydroxyl groups excluding tert-OH is 1. The minimum atomic E-state index is -0.0434. The van der Waals surface area contributed by atoms with Gasteiger partial charge < -0.3 is 14.7 Å². The van der Waals surface area contributed by atoms with E-state index >= 15 is 0 Å². The lowest BCUT2D eigenvalue weighted by Crippen LogP contribution is -2.05. The van der Waals surface area contributed by atoms with E-state index in [0.717, 1.165) is 11.4 Å². The van der Waals surface area contributed by atoms with Crippen molar-refractivity contribution in [2.24, 2.45) is 0 Å². The van der Waals surface area contributed by atoms with Crippen molar-refractivity contribution in [2.45, 2.75) is 13.2 Å². The van der Waals surface area contributed by atoms with Gasteiger partial charge in [0.05, 0.1) is 24.5 Å². The topological polar surface area (TPSA) is 66.7 Å². The molecule has 0 fully saturated rings.